The molecule has 0 aromatic heterocycles. The monoisotopic (exact) mass is 321 g/mol. The van der Waals surface area contributed by atoms with Crippen molar-refractivity contribution < 1.29 is 13.9 Å². The smallest absolute Gasteiger partial charge is 0.223 e. The fourth-order valence-corrected chi connectivity index (χ4v) is 2.19. The van der Waals surface area contributed by atoms with E-state index in [-0.39, 0.29) is 30.7 Å². The number of hydrogen-bond acceptors (Lipinski definition) is 2. The number of ether oxygens (including phenoxy) is 1. The molecule has 0 heterocycles. The van der Waals surface area contributed by atoms with Gasteiger partial charge in [-0.15, -0.1) is 0 Å². The van der Waals surface area contributed by atoms with Crippen molar-refractivity contribution in [2.75, 3.05) is 6.61 Å². The second-order valence-electron chi connectivity index (χ2n) is 4.87. The molecular weight excluding hydrogens is 305 g/mol. The summed E-state index contributed by atoms with van der Waals surface area (Å²) in [5.41, 5.74) is 0.927. The summed E-state index contributed by atoms with van der Waals surface area (Å²) in [6, 6.07) is 13.3. The Bertz CT molecular complexity index is 648. The lowest BCUT2D eigenvalue weighted by molar-refractivity contribution is -0.122. The Morgan fingerprint density at radius 2 is 2.05 bits per heavy atom. The van der Waals surface area contributed by atoms with Crippen LogP contribution in [0.3, 0.4) is 0 Å². The summed E-state index contributed by atoms with van der Waals surface area (Å²) in [6.07, 6.45) is 0.152. The maximum atomic E-state index is 13.3. The lowest BCUT2D eigenvalue weighted by Gasteiger charge is -2.15. The SMILES string of the molecule is CC(NC(=O)CCOc1ccccc1F)c1cccc(Cl)c1. The predicted octanol–water partition coefficient (Wildman–Crippen LogP) is 4.13. The largest absolute Gasteiger partial charge is 0.490 e. The summed E-state index contributed by atoms with van der Waals surface area (Å²) in [4.78, 5) is 11.9. The summed E-state index contributed by atoms with van der Waals surface area (Å²) in [7, 11) is 0. The minimum atomic E-state index is -0.435. The third-order valence-electron chi connectivity index (χ3n) is 3.15. The zero-order valence-corrected chi connectivity index (χ0v) is 12.9. The van der Waals surface area contributed by atoms with Crippen molar-refractivity contribution in [3.05, 3.63) is 64.9 Å². The third-order valence-corrected chi connectivity index (χ3v) is 3.38. The summed E-state index contributed by atoms with van der Waals surface area (Å²) in [5, 5.41) is 3.48. The number of amides is 1. The molecule has 0 fully saturated rings. The van der Waals surface area contributed by atoms with E-state index >= 15 is 0 Å². The third kappa shape index (κ3) is 4.74. The molecule has 0 aliphatic heterocycles. The fraction of sp³-hybridized carbons (Fsp3) is 0.235. The Hall–Kier alpha value is -2.07. The average molecular weight is 322 g/mol. The molecule has 1 unspecified atom stereocenters. The Morgan fingerprint density at radius 3 is 2.77 bits per heavy atom. The standard InChI is InChI=1S/C17H17ClFNO2/c1-12(13-5-4-6-14(18)11-13)20-17(21)9-10-22-16-8-3-2-7-15(16)19/h2-8,11-12H,9-10H2,1H3,(H,20,21). The molecule has 1 amide bonds. The number of rotatable bonds is 6. The number of carbonyl (C=O) groups excluding carboxylic acids is 1. The highest BCUT2D eigenvalue weighted by Crippen LogP contribution is 2.18. The first-order chi connectivity index (χ1) is 10.6. The molecule has 0 bridgehead atoms. The molecule has 116 valence electrons. The van der Waals surface area contributed by atoms with Gasteiger partial charge in [-0.05, 0) is 36.8 Å². The fourth-order valence-electron chi connectivity index (χ4n) is 1.99. The van der Waals surface area contributed by atoms with E-state index < -0.39 is 5.82 Å². The lowest BCUT2D eigenvalue weighted by Crippen LogP contribution is -2.27. The van der Waals surface area contributed by atoms with Crippen LogP contribution in [0.15, 0.2) is 48.5 Å². The van der Waals surface area contributed by atoms with E-state index in [1.165, 1.54) is 12.1 Å². The van der Waals surface area contributed by atoms with Crippen LogP contribution in [0.4, 0.5) is 4.39 Å². The molecular formula is C17H17ClFNO2. The van der Waals surface area contributed by atoms with Crippen molar-refractivity contribution in [2.24, 2.45) is 0 Å². The van der Waals surface area contributed by atoms with Gasteiger partial charge in [-0.3, -0.25) is 4.79 Å². The summed E-state index contributed by atoms with van der Waals surface area (Å²) in [6.45, 7) is 2.00. The Balaban J connectivity index is 1.79. The molecule has 0 spiro atoms. The zero-order valence-electron chi connectivity index (χ0n) is 12.2. The number of halogens is 2. The van der Waals surface area contributed by atoms with Crippen LogP contribution in [0.25, 0.3) is 0 Å². The van der Waals surface area contributed by atoms with E-state index in [2.05, 4.69) is 5.32 Å². The maximum absolute atomic E-state index is 13.3. The molecule has 0 aliphatic rings. The van der Waals surface area contributed by atoms with Gasteiger partial charge in [0.25, 0.3) is 0 Å². The Labute approximate surface area is 134 Å². The van der Waals surface area contributed by atoms with Crippen LogP contribution in [-0.2, 0) is 4.79 Å². The van der Waals surface area contributed by atoms with Crippen LogP contribution in [0.1, 0.15) is 24.9 Å². The Kier molecular flexibility index (Phi) is 5.78. The number of hydrogen-bond donors (Lipinski definition) is 1. The molecule has 1 atom stereocenters. The van der Waals surface area contributed by atoms with E-state index in [0.29, 0.717) is 5.02 Å². The first-order valence-electron chi connectivity index (χ1n) is 6.98. The molecule has 22 heavy (non-hydrogen) atoms. The molecule has 2 aromatic carbocycles. The van der Waals surface area contributed by atoms with Crippen LogP contribution in [0, 0.1) is 5.82 Å². The van der Waals surface area contributed by atoms with E-state index in [1.54, 1.807) is 18.2 Å². The van der Waals surface area contributed by atoms with Crippen molar-refractivity contribution in [1.82, 2.24) is 5.32 Å². The van der Waals surface area contributed by atoms with Crippen LogP contribution < -0.4 is 10.1 Å². The zero-order chi connectivity index (χ0) is 15.9. The van der Waals surface area contributed by atoms with Gasteiger partial charge >= 0.3 is 0 Å². The van der Waals surface area contributed by atoms with Gasteiger partial charge in [0, 0.05) is 5.02 Å². The van der Waals surface area contributed by atoms with Gasteiger partial charge in [0.15, 0.2) is 11.6 Å². The highest BCUT2D eigenvalue weighted by molar-refractivity contribution is 6.30. The van der Waals surface area contributed by atoms with E-state index in [9.17, 15) is 9.18 Å². The van der Waals surface area contributed by atoms with Crippen molar-refractivity contribution in [2.45, 2.75) is 19.4 Å². The second-order valence-corrected chi connectivity index (χ2v) is 5.31. The second kappa shape index (κ2) is 7.80. The van der Waals surface area contributed by atoms with E-state index in [0.717, 1.165) is 5.56 Å². The van der Waals surface area contributed by atoms with Crippen LogP contribution in [0.5, 0.6) is 5.75 Å². The highest BCUT2D eigenvalue weighted by Gasteiger charge is 2.10. The number of carbonyl (C=O) groups is 1. The molecule has 1 N–H and O–H groups in total. The van der Waals surface area contributed by atoms with Gasteiger partial charge in [0.1, 0.15) is 0 Å². The van der Waals surface area contributed by atoms with Gasteiger partial charge in [-0.2, -0.15) is 0 Å². The topological polar surface area (TPSA) is 38.3 Å². The first-order valence-corrected chi connectivity index (χ1v) is 7.36. The molecule has 2 rings (SSSR count). The average Bonchev–Trinajstić information content (AvgIpc) is 2.49. The van der Waals surface area contributed by atoms with Gasteiger partial charge in [0.05, 0.1) is 19.1 Å². The molecule has 0 radical (unpaired) electrons. The van der Waals surface area contributed by atoms with Crippen molar-refractivity contribution in [3.63, 3.8) is 0 Å². The minimum absolute atomic E-state index is 0.120. The molecule has 2 aromatic rings. The number of para-hydroxylation sites is 1. The summed E-state index contributed by atoms with van der Waals surface area (Å²) < 4.78 is 18.6. The highest BCUT2D eigenvalue weighted by atomic mass is 35.5. The van der Waals surface area contributed by atoms with E-state index in [4.69, 9.17) is 16.3 Å². The normalized spacial score (nSPS) is 11.8. The van der Waals surface area contributed by atoms with Gasteiger partial charge in [-0.25, -0.2) is 4.39 Å². The first kappa shape index (κ1) is 16.3. The molecule has 0 aliphatic carbocycles. The summed E-state index contributed by atoms with van der Waals surface area (Å²) in [5.74, 6) is -0.447. The van der Waals surface area contributed by atoms with Crippen LogP contribution >= 0.6 is 11.6 Å². The van der Waals surface area contributed by atoms with Crippen LogP contribution in [-0.4, -0.2) is 12.5 Å². The minimum Gasteiger partial charge on any atom is -0.490 e. The van der Waals surface area contributed by atoms with Gasteiger partial charge in [0.2, 0.25) is 5.91 Å². The Morgan fingerprint density at radius 1 is 1.27 bits per heavy atom. The quantitative estimate of drug-likeness (QED) is 0.869. The molecule has 0 saturated carbocycles. The molecule has 0 saturated heterocycles. The van der Waals surface area contributed by atoms with E-state index in [1.807, 2.05) is 25.1 Å². The lowest BCUT2D eigenvalue weighted by atomic mass is 10.1. The van der Waals surface area contributed by atoms with Gasteiger partial charge < -0.3 is 10.1 Å². The summed E-state index contributed by atoms with van der Waals surface area (Å²) >= 11 is 5.92. The van der Waals surface area contributed by atoms with Crippen molar-refractivity contribution >= 4 is 17.5 Å². The maximum Gasteiger partial charge on any atom is 0.223 e. The number of benzene rings is 2. The number of nitrogens with one attached hydrogen (secondary N) is 1. The molecule has 5 heteroatoms. The van der Waals surface area contributed by atoms with Crippen LogP contribution in [0.2, 0.25) is 5.02 Å². The van der Waals surface area contributed by atoms with Gasteiger partial charge in [-0.1, -0.05) is 35.9 Å². The van der Waals surface area contributed by atoms with Crippen molar-refractivity contribution in [3.8, 4) is 5.75 Å². The van der Waals surface area contributed by atoms with Crippen molar-refractivity contribution in [1.29, 1.82) is 0 Å². The predicted molar refractivity (Wildman–Crippen MR) is 84.5 cm³/mol. The molecule has 3 nitrogen and oxygen atoms in total.